The number of allylic oxidation sites excluding steroid dienone is 1. The first-order valence-electron chi connectivity index (χ1n) is 9.38. The Kier molecular flexibility index (Phi) is 3.50. The molecular weight excluding hydrogens is 324 g/mol. The Labute approximate surface area is 153 Å². The third-order valence-electron chi connectivity index (χ3n) is 6.03. The highest BCUT2D eigenvalue weighted by Gasteiger charge is 2.41. The van der Waals surface area contributed by atoms with E-state index in [0.29, 0.717) is 12.1 Å². The van der Waals surface area contributed by atoms with E-state index in [-0.39, 0.29) is 0 Å². The second-order valence-electron chi connectivity index (χ2n) is 7.57. The molecule has 0 amide bonds. The molecule has 5 rings (SSSR count). The predicted octanol–water partition coefficient (Wildman–Crippen LogP) is 2.99. The van der Waals surface area contributed by atoms with E-state index in [4.69, 9.17) is 0 Å². The van der Waals surface area contributed by atoms with Crippen LogP contribution in [-0.4, -0.2) is 35.3 Å². The summed E-state index contributed by atoms with van der Waals surface area (Å²) in [4.78, 5) is 7.31. The molecule has 0 radical (unpaired) electrons. The number of hydrogen-bond acceptors (Lipinski definition) is 4. The molecule has 0 aliphatic carbocycles. The molecule has 2 aliphatic heterocycles. The van der Waals surface area contributed by atoms with E-state index in [1.165, 1.54) is 35.4 Å². The van der Waals surface area contributed by atoms with E-state index < -0.39 is 0 Å². The van der Waals surface area contributed by atoms with Gasteiger partial charge in [-0.25, -0.2) is 9.50 Å². The Morgan fingerprint density at radius 1 is 1.27 bits per heavy atom. The molecule has 0 saturated carbocycles. The molecule has 1 fully saturated rings. The van der Waals surface area contributed by atoms with Crippen LogP contribution in [0.2, 0.25) is 0 Å². The first-order chi connectivity index (χ1) is 12.7. The minimum atomic E-state index is 0.437. The van der Waals surface area contributed by atoms with E-state index in [0.717, 1.165) is 30.9 Å². The number of rotatable bonds is 4. The third kappa shape index (κ3) is 2.25. The van der Waals surface area contributed by atoms with Gasteiger partial charge in [-0.15, -0.1) is 6.58 Å². The molecule has 2 aliphatic rings. The van der Waals surface area contributed by atoms with Gasteiger partial charge in [-0.05, 0) is 26.7 Å². The fraction of sp³-hybridized carbons (Fsp3) is 0.450. The van der Waals surface area contributed by atoms with Crippen molar-refractivity contribution in [1.82, 2.24) is 29.3 Å². The minimum Gasteiger partial charge on any atom is -0.288 e. The van der Waals surface area contributed by atoms with Crippen LogP contribution in [0, 0.1) is 13.8 Å². The highest BCUT2D eigenvalue weighted by atomic mass is 15.3. The maximum Gasteiger partial charge on any atom is 0.155 e. The monoisotopic (exact) mass is 348 g/mol. The summed E-state index contributed by atoms with van der Waals surface area (Å²) in [5, 5.41) is 9.20. The maximum absolute atomic E-state index is 4.68. The van der Waals surface area contributed by atoms with Gasteiger partial charge in [0.1, 0.15) is 0 Å². The summed E-state index contributed by atoms with van der Waals surface area (Å²) in [5.41, 5.74) is 7.26. The van der Waals surface area contributed by atoms with Crippen molar-refractivity contribution < 1.29 is 0 Å². The molecule has 3 aromatic rings. The average Bonchev–Trinajstić information content (AvgIpc) is 3.25. The first kappa shape index (κ1) is 15.8. The number of aryl methyl sites for hydroxylation is 1. The molecule has 134 valence electrons. The highest BCUT2D eigenvalue weighted by molar-refractivity contribution is 5.44. The Hall–Kier alpha value is -2.47. The van der Waals surface area contributed by atoms with E-state index in [2.05, 4.69) is 50.4 Å². The van der Waals surface area contributed by atoms with Crippen molar-refractivity contribution in [2.75, 3.05) is 0 Å². The van der Waals surface area contributed by atoms with Crippen molar-refractivity contribution in [2.24, 2.45) is 0 Å². The highest BCUT2D eigenvalue weighted by Crippen LogP contribution is 2.44. The summed E-state index contributed by atoms with van der Waals surface area (Å²) >= 11 is 0. The molecule has 5 heterocycles. The van der Waals surface area contributed by atoms with Crippen molar-refractivity contribution in [1.29, 1.82) is 0 Å². The fourth-order valence-electron chi connectivity index (χ4n) is 4.69. The van der Waals surface area contributed by atoms with Gasteiger partial charge < -0.3 is 0 Å². The molecule has 2 bridgehead atoms. The van der Waals surface area contributed by atoms with E-state index in [1.54, 1.807) is 0 Å². The van der Waals surface area contributed by atoms with Crippen LogP contribution < -0.4 is 0 Å². The zero-order valence-electron chi connectivity index (χ0n) is 15.4. The van der Waals surface area contributed by atoms with Crippen molar-refractivity contribution in [3.05, 3.63) is 59.3 Å². The molecule has 1 saturated heterocycles. The number of aromatic nitrogens is 5. The fourth-order valence-corrected chi connectivity index (χ4v) is 4.69. The number of fused-ring (bicyclic) bond motifs is 6. The van der Waals surface area contributed by atoms with Crippen molar-refractivity contribution >= 4 is 5.65 Å². The predicted molar refractivity (Wildman–Crippen MR) is 99.9 cm³/mol. The standard InChI is InChI=1S/C20H24N6/c1-4-7-25-14(3)15(10-22-25)12-24-16-5-6-18(24)17-11-21-20-8-13(2)23-26(20)19(17)9-16/h4,8,10-11,16,18H,1,5-7,9,12H2,2-3H3/t16-,18+/m0/s1. The van der Waals surface area contributed by atoms with Crippen LogP contribution >= 0.6 is 0 Å². The summed E-state index contributed by atoms with van der Waals surface area (Å²) in [7, 11) is 0. The lowest BCUT2D eigenvalue weighted by Gasteiger charge is -2.36. The van der Waals surface area contributed by atoms with Gasteiger partial charge >= 0.3 is 0 Å². The van der Waals surface area contributed by atoms with Gasteiger partial charge in [0, 0.05) is 54.1 Å². The van der Waals surface area contributed by atoms with Crippen molar-refractivity contribution in [3.63, 3.8) is 0 Å². The Morgan fingerprint density at radius 3 is 3.00 bits per heavy atom. The lowest BCUT2D eigenvalue weighted by atomic mass is 9.98. The van der Waals surface area contributed by atoms with Crippen LogP contribution in [-0.2, 0) is 19.5 Å². The summed E-state index contributed by atoms with van der Waals surface area (Å²) in [6.07, 6.45) is 9.48. The van der Waals surface area contributed by atoms with Crippen LogP contribution in [0.15, 0.2) is 31.1 Å². The lowest BCUT2D eigenvalue weighted by Crippen LogP contribution is -2.38. The molecule has 0 N–H and O–H groups in total. The van der Waals surface area contributed by atoms with Crippen molar-refractivity contribution in [3.8, 4) is 0 Å². The summed E-state index contributed by atoms with van der Waals surface area (Å²) in [6.45, 7) is 9.73. The molecule has 3 aromatic heterocycles. The van der Waals surface area contributed by atoms with E-state index >= 15 is 0 Å². The van der Waals surface area contributed by atoms with E-state index in [9.17, 15) is 0 Å². The van der Waals surface area contributed by atoms with Gasteiger partial charge in [-0.3, -0.25) is 9.58 Å². The van der Waals surface area contributed by atoms with Crippen molar-refractivity contribution in [2.45, 2.75) is 58.3 Å². The molecule has 6 heteroatoms. The Balaban J connectivity index is 1.50. The van der Waals surface area contributed by atoms with Crippen LogP contribution in [0.1, 0.15) is 47.1 Å². The molecule has 6 nitrogen and oxygen atoms in total. The van der Waals surface area contributed by atoms with Gasteiger partial charge in [-0.2, -0.15) is 10.2 Å². The molecule has 2 atom stereocenters. The minimum absolute atomic E-state index is 0.437. The largest absolute Gasteiger partial charge is 0.288 e. The number of nitrogens with zero attached hydrogens (tertiary/aromatic N) is 6. The van der Waals surface area contributed by atoms with Gasteiger partial charge in [0.05, 0.1) is 24.1 Å². The normalized spacial score (nSPS) is 22.1. The average molecular weight is 348 g/mol. The van der Waals surface area contributed by atoms with Gasteiger partial charge in [0.25, 0.3) is 0 Å². The molecular formula is C20H24N6. The van der Waals surface area contributed by atoms with Gasteiger partial charge in [0.2, 0.25) is 0 Å². The smallest absolute Gasteiger partial charge is 0.155 e. The van der Waals surface area contributed by atoms with Crippen LogP contribution in [0.5, 0.6) is 0 Å². The van der Waals surface area contributed by atoms with Gasteiger partial charge in [0.15, 0.2) is 5.65 Å². The molecule has 0 unspecified atom stereocenters. The number of hydrogen-bond donors (Lipinski definition) is 0. The second-order valence-corrected chi connectivity index (χ2v) is 7.57. The molecule has 0 spiro atoms. The quantitative estimate of drug-likeness (QED) is 0.680. The first-order valence-corrected chi connectivity index (χ1v) is 9.38. The zero-order valence-corrected chi connectivity index (χ0v) is 15.4. The van der Waals surface area contributed by atoms with Crippen LogP contribution in [0.4, 0.5) is 0 Å². The molecule has 0 aromatic carbocycles. The summed E-state index contributed by atoms with van der Waals surface area (Å²) in [6, 6.07) is 3.07. The van der Waals surface area contributed by atoms with Crippen LogP contribution in [0.3, 0.4) is 0 Å². The lowest BCUT2D eigenvalue weighted by molar-refractivity contribution is 0.164. The maximum atomic E-state index is 4.68. The van der Waals surface area contributed by atoms with E-state index in [1.807, 2.05) is 23.9 Å². The zero-order chi connectivity index (χ0) is 17.8. The van der Waals surface area contributed by atoms with Gasteiger partial charge in [-0.1, -0.05) is 6.08 Å². The Morgan fingerprint density at radius 2 is 2.15 bits per heavy atom. The summed E-state index contributed by atoms with van der Waals surface area (Å²) in [5.74, 6) is 0. The molecule has 26 heavy (non-hydrogen) atoms. The van der Waals surface area contributed by atoms with Crippen LogP contribution in [0.25, 0.3) is 5.65 Å². The second kappa shape index (κ2) is 5.77. The summed E-state index contributed by atoms with van der Waals surface area (Å²) < 4.78 is 4.10. The third-order valence-corrected chi connectivity index (χ3v) is 6.03. The topological polar surface area (TPSA) is 51.2 Å². The Bertz CT molecular complexity index is 997. The SMILES string of the molecule is C=CCn1ncc(CN2[C@H]3CC[C@@H]2c2cnc4cc(C)nn4c2C3)c1C.